The molecule has 0 spiro atoms. The first-order valence-corrected chi connectivity index (χ1v) is 4.93. The normalized spacial score (nSPS) is 16.9. The van der Waals surface area contributed by atoms with Crippen LogP contribution < -0.4 is 0 Å². The average molecular weight is 200 g/mol. The van der Waals surface area contributed by atoms with Crippen LogP contribution in [0, 0.1) is 0 Å². The zero-order chi connectivity index (χ0) is 10.3. The minimum atomic E-state index is -2.80. The molecule has 1 aliphatic carbocycles. The van der Waals surface area contributed by atoms with Gasteiger partial charge in [0.1, 0.15) is 5.69 Å². The van der Waals surface area contributed by atoms with Crippen molar-refractivity contribution in [1.82, 2.24) is 9.78 Å². The van der Waals surface area contributed by atoms with Crippen molar-refractivity contribution in [3.8, 4) is 0 Å². The molecule has 0 unspecified atom stereocenters. The second kappa shape index (κ2) is 3.04. The van der Waals surface area contributed by atoms with E-state index >= 15 is 0 Å². The van der Waals surface area contributed by atoms with Crippen LogP contribution in [0.3, 0.4) is 0 Å². The lowest BCUT2D eigenvalue weighted by Gasteiger charge is -2.14. The Kier molecular flexibility index (Phi) is 2.09. The molecule has 0 bridgehead atoms. The summed E-state index contributed by atoms with van der Waals surface area (Å²) in [6.07, 6.45) is 3.72. The minimum Gasteiger partial charge on any atom is -0.272 e. The Morgan fingerprint density at radius 2 is 1.93 bits per heavy atom. The van der Waals surface area contributed by atoms with Crippen molar-refractivity contribution < 1.29 is 8.78 Å². The van der Waals surface area contributed by atoms with Gasteiger partial charge in [-0.2, -0.15) is 13.9 Å². The van der Waals surface area contributed by atoms with E-state index in [1.165, 1.54) is 0 Å². The summed E-state index contributed by atoms with van der Waals surface area (Å²) in [5.74, 6) is -2.80. The Morgan fingerprint density at radius 1 is 1.29 bits per heavy atom. The maximum Gasteiger partial charge on any atom is 0.289 e. The van der Waals surface area contributed by atoms with Crippen LogP contribution in [0.15, 0.2) is 0 Å². The Labute approximate surface area is 81.9 Å². The smallest absolute Gasteiger partial charge is 0.272 e. The van der Waals surface area contributed by atoms with E-state index in [4.69, 9.17) is 0 Å². The molecule has 0 radical (unpaired) electrons. The predicted molar refractivity (Wildman–Crippen MR) is 49.4 cm³/mol. The molecule has 0 N–H and O–H groups in total. The zero-order valence-electron chi connectivity index (χ0n) is 8.48. The molecule has 1 aromatic heterocycles. The molecule has 0 saturated carbocycles. The van der Waals surface area contributed by atoms with E-state index in [0.29, 0.717) is 0 Å². The lowest BCUT2D eigenvalue weighted by atomic mass is 9.94. The van der Waals surface area contributed by atoms with Crippen molar-refractivity contribution in [3.05, 3.63) is 17.0 Å². The van der Waals surface area contributed by atoms with E-state index < -0.39 is 5.92 Å². The van der Waals surface area contributed by atoms with Crippen LogP contribution in [0.4, 0.5) is 8.78 Å². The van der Waals surface area contributed by atoms with Gasteiger partial charge in [-0.15, -0.1) is 0 Å². The van der Waals surface area contributed by atoms with Gasteiger partial charge >= 0.3 is 0 Å². The number of aromatic nitrogens is 2. The highest BCUT2D eigenvalue weighted by molar-refractivity contribution is 5.31. The van der Waals surface area contributed by atoms with Crippen molar-refractivity contribution in [1.29, 1.82) is 0 Å². The predicted octanol–water partition coefficient (Wildman–Crippen LogP) is 2.41. The number of alkyl halides is 2. The largest absolute Gasteiger partial charge is 0.289 e. The van der Waals surface area contributed by atoms with Crippen LogP contribution >= 0.6 is 0 Å². The number of nitrogens with zero attached hydrogens (tertiary/aromatic N) is 2. The fourth-order valence-electron chi connectivity index (χ4n) is 2.13. The van der Waals surface area contributed by atoms with Gasteiger partial charge in [0.15, 0.2) is 0 Å². The lowest BCUT2D eigenvalue weighted by Crippen LogP contribution is -2.12. The Morgan fingerprint density at radius 3 is 2.57 bits per heavy atom. The van der Waals surface area contributed by atoms with Gasteiger partial charge in [0.05, 0.1) is 0 Å². The van der Waals surface area contributed by atoms with Gasteiger partial charge in [0.25, 0.3) is 5.92 Å². The van der Waals surface area contributed by atoms with E-state index in [2.05, 4.69) is 5.10 Å². The number of hydrogen-bond donors (Lipinski definition) is 0. The van der Waals surface area contributed by atoms with Gasteiger partial charge in [-0.1, -0.05) is 0 Å². The van der Waals surface area contributed by atoms with Gasteiger partial charge in [-0.25, -0.2) is 0 Å². The van der Waals surface area contributed by atoms with Crippen LogP contribution in [-0.4, -0.2) is 9.78 Å². The van der Waals surface area contributed by atoms with E-state index in [1.807, 2.05) is 0 Å². The van der Waals surface area contributed by atoms with Crippen molar-refractivity contribution in [2.24, 2.45) is 7.05 Å². The van der Waals surface area contributed by atoms with Crippen molar-refractivity contribution in [2.75, 3.05) is 0 Å². The first kappa shape index (κ1) is 9.62. The van der Waals surface area contributed by atoms with Crippen LogP contribution in [0.2, 0.25) is 0 Å². The molecule has 0 aromatic carbocycles. The average Bonchev–Trinajstić information content (AvgIpc) is 2.44. The Hall–Kier alpha value is -0.930. The number of aryl methyl sites for hydroxylation is 1. The number of hydrogen-bond acceptors (Lipinski definition) is 1. The molecule has 0 amide bonds. The van der Waals surface area contributed by atoms with Gasteiger partial charge in [0, 0.05) is 25.2 Å². The molecule has 1 aromatic rings. The topological polar surface area (TPSA) is 17.8 Å². The van der Waals surface area contributed by atoms with Crippen molar-refractivity contribution in [2.45, 2.75) is 38.5 Å². The molecule has 0 atom stereocenters. The molecular formula is C10H14F2N2. The molecule has 0 saturated heterocycles. The first-order chi connectivity index (χ1) is 6.50. The highest BCUT2D eigenvalue weighted by Crippen LogP contribution is 2.33. The van der Waals surface area contributed by atoms with E-state index in [-0.39, 0.29) is 5.69 Å². The van der Waals surface area contributed by atoms with Crippen LogP contribution in [0.1, 0.15) is 36.7 Å². The fourth-order valence-corrected chi connectivity index (χ4v) is 2.13. The minimum absolute atomic E-state index is 0.0188. The first-order valence-electron chi connectivity index (χ1n) is 4.93. The quantitative estimate of drug-likeness (QED) is 0.680. The summed E-state index contributed by atoms with van der Waals surface area (Å²) in [4.78, 5) is 0. The maximum absolute atomic E-state index is 13.2. The molecule has 2 nitrogen and oxygen atoms in total. The maximum atomic E-state index is 13.2. The molecule has 0 fully saturated rings. The highest BCUT2D eigenvalue weighted by Gasteiger charge is 2.33. The van der Waals surface area contributed by atoms with E-state index in [0.717, 1.165) is 43.9 Å². The fraction of sp³-hybridized carbons (Fsp3) is 0.700. The van der Waals surface area contributed by atoms with Crippen LogP contribution in [0.5, 0.6) is 0 Å². The monoisotopic (exact) mass is 200 g/mol. The van der Waals surface area contributed by atoms with Gasteiger partial charge in [-0.05, 0) is 25.7 Å². The summed E-state index contributed by atoms with van der Waals surface area (Å²) in [5.41, 5.74) is 1.76. The summed E-state index contributed by atoms with van der Waals surface area (Å²) < 4.78 is 28.0. The summed E-state index contributed by atoms with van der Waals surface area (Å²) >= 11 is 0. The summed E-state index contributed by atoms with van der Waals surface area (Å²) in [5, 5.41) is 3.93. The third kappa shape index (κ3) is 1.42. The second-order valence-corrected chi connectivity index (χ2v) is 3.99. The number of rotatable bonds is 1. The van der Waals surface area contributed by atoms with Crippen LogP contribution in [-0.2, 0) is 25.8 Å². The summed E-state index contributed by atoms with van der Waals surface area (Å²) in [7, 11) is 1.75. The van der Waals surface area contributed by atoms with Gasteiger partial charge in [0.2, 0.25) is 0 Å². The van der Waals surface area contributed by atoms with Gasteiger partial charge < -0.3 is 0 Å². The van der Waals surface area contributed by atoms with Crippen LogP contribution in [0.25, 0.3) is 0 Å². The molecule has 14 heavy (non-hydrogen) atoms. The van der Waals surface area contributed by atoms with E-state index in [1.54, 1.807) is 11.7 Å². The highest BCUT2D eigenvalue weighted by atomic mass is 19.3. The molecular weight excluding hydrogens is 186 g/mol. The summed E-state index contributed by atoms with van der Waals surface area (Å²) in [6, 6.07) is 0. The third-order valence-corrected chi connectivity index (χ3v) is 2.78. The molecule has 1 aliphatic rings. The Balaban J connectivity index is 2.52. The molecule has 0 aliphatic heterocycles. The standard InChI is InChI=1S/C10H14F2N2/c1-10(11,12)9-7-5-3-4-6-8(7)14(2)13-9/h3-6H2,1-2H3. The van der Waals surface area contributed by atoms with E-state index in [9.17, 15) is 8.78 Å². The molecule has 4 heteroatoms. The zero-order valence-corrected chi connectivity index (χ0v) is 8.48. The molecule has 1 heterocycles. The third-order valence-electron chi connectivity index (χ3n) is 2.78. The van der Waals surface area contributed by atoms with Crippen molar-refractivity contribution >= 4 is 0 Å². The SMILES string of the molecule is Cn1nc(C(C)(F)F)c2c1CCCC2. The summed E-state index contributed by atoms with van der Waals surface area (Å²) in [6.45, 7) is 0.921. The second-order valence-electron chi connectivity index (χ2n) is 3.99. The number of fused-ring (bicyclic) bond motifs is 1. The Bertz CT molecular complexity index is 350. The number of halogens is 2. The lowest BCUT2D eigenvalue weighted by molar-refractivity contribution is 0.0113. The molecule has 78 valence electrons. The van der Waals surface area contributed by atoms with Crippen molar-refractivity contribution in [3.63, 3.8) is 0 Å². The van der Waals surface area contributed by atoms with Gasteiger partial charge in [-0.3, -0.25) is 4.68 Å². The molecule has 2 rings (SSSR count).